The first-order valence-electron chi connectivity index (χ1n) is 6.35. The Balaban J connectivity index is 1.94. The summed E-state index contributed by atoms with van der Waals surface area (Å²) in [4.78, 5) is 14.8. The average molecular weight is 269 g/mol. The third kappa shape index (κ3) is 3.71. The molecule has 0 N–H and O–H groups in total. The normalized spacial score (nSPS) is 18.8. The molecule has 1 aliphatic heterocycles. The molecule has 1 atom stereocenters. The van der Waals surface area contributed by atoms with Gasteiger partial charge >= 0.3 is 6.09 Å². The van der Waals surface area contributed by atoms with Crippen molar-refractivity contribution >= 4 is 17.4 Å². The number of hydrogen-bond acceptors (Lipinski definition) is 4. The van der Waals surface area contributed by atoms with E-state index in [1.54, 1.807) is 16.2 Å². The first kappa shape index (κ1) is 13.4. The smallest absolute Gasteiger partial charge is 0.410 e. The van der Waals surface area contributed by atoms with Crippen molar-refractivity contribution in [3.05, 3.63) is 22.4 Å². The van der Waals surface area contributed by atoms with Crippen molar-refractivity contribution in [2.24, 2.45) is 0 Å². The maximum atomic E-state index is 11.9. The number of carbonyl (C=O) groups excluding carboxylic acids is 1. The monoisotopic (exact) mass is 269 g/mol. The van der Waals surface area contributed by atoms with Gasteiger partial charge in [-0.05, 0) is 31.2 Å². The molecule has 0 bridgehead atoms. The standard InChI is InChI=1S/C13H19NO3S/c1-2-16-13(15)14(9-11-5-3-7-17-11)10-12-6-4-8-18-12/h4,6,8,11H,2-3,5,7,9-10H2,1H3. The van der Waals surface area contributed by atoms with Gasteiger partial charge in [-0.2, -0.15) is 0 Å². The third-order valence-electron chi connectivity index (χ3n) is 2.90. The van der Waals surface area contributed by atoms with E-state index < -0.39 is 0 Å². The minimum absolute atomic E-state index is 0.161. The predicted molar refractivity (Wildman–Crippen MR) is 70.7 cm³/mol. The summed E-state index contributed by atoms with van der Waals surface area (Å²) in [5.74, 6) is 0. The maximum Gasteiger partial charge on any atom is 0.410 e. The van der Waals surface area contributed by atoms with Gasteiger partial charge in [0.1, 0.15) is 0 Å². The van der Waals surface area contributed by atoms with Crippen LogP contribution < -0.4 is 0 Å². The van der Waals surface area contributed by atoms with Crippen LogP contribution in [0.15, 0.2) is 17.5 Å². The number of ether oxygens (including phenoxy) is 2. The number of thiophene rings is 1. The minimum Gasteiger partial charge on any atom is -0.450 e. The van der Waals surface area contributed by atoms with Crippen LogP contribution in [0.3, 0.4) is 0 Å². The van der Waals surface area contributed by atoms with Crippen molar-refractivity contribution < 1.29 is 14.3 Å². The van der Waals surface area contributed by atoms with Gasteiger partial charge in [-0.3, -0.25) is 0 Å². The Morgan fingerprint density at radius 3 is 3.17 bits per heavy atom. The highest BCUT2D eigenvalue weighted by atomic mass is 32.1. The molecule has 0 aliphatic carbocycles. The highest BCUT2D eigenvalue weighted by Crippen LogP contribution is 2.17. The molecule has 2 rings (SSSR count). The SMILES string of the molecule is CCOC(=O)N(Cc1cccs1)CC1CCCO1. The highest BCUT2D eigenvalue weighted by Gasteiger charge is 2.23. The second-order valence-corrected chi connectivity index (χ2v) is 5.33. The summed E-state index contributed by atoms with van der Waals surface area (Å²) < 4.78 is 10.7. The van der Waals surface area contributed by atoms with Crippen LogP contribution in [0.4, 0.5) is 4.79 Å². The molecule has 0 radical (unpaired) electrons. The van der Waals surface area contributed by atoms with Crippen LogP contribution in [-0.4, -0.2) is 36.9 Å². The van der Waals surface area contributed by atoms with Gasteiger partial charge in [0.2, 0.25) is 0 Å². The summed E-state index contributed by atoms with van der Waals surface area (Å²) in [5.41, 5.74) is 0. The van der Waals surface area contributed by atoms with Gasteiger partial charge < -0.3 is 14.4 Å². The molecule has 1 fully saturated rings. The van der Waals surface area contributed by atoms with Crippen LogP contribution >= 0.6 is 11.3 Å². The number of hydrogen-bond donors (Lipinski definition) is 0. The molecule has 5 heteroatoms. The fraction of sp³-hybridized carbons (Fsp3) is 0.615. The van der Waals surface area contributed by atoms with E-state index >= 15 is 0 Å². The fourth-order valence-electron chi connectivity index (χ4n) is 2.04. The quantitative estimate of drug-likeness (QED) is 0.825. The lowest BCUT2D eigenvalue weighted by Gasteiger charge is -2.24. The second kappa shape index (κ2) is 6.75. The Kier molecular flexibility index (Phi) is 5.01. The van der Waals surface area contributed by atoms with Crippen LogP contribution in [0, 0.1) is 0 Å². The van der Waals surface area contributed by atoms with Crippen molar-refractivity contribution in [1.29, 1.82) is 0 Å². The van der Waals surface area contributed by atoms with Crippen LogP contribution in [0.25, 0.3) is 0 Å². The topological polar surface area (TPSA) is 38.8 Å². The minimum atomic E-state index is -0.249. The van der Waals surface area contributed by atoms with E-state index in [2.05, 4.69) is 0 Å². The largest absolute Gasteiger partial charge is 0.450 e. The molecule has 0 spiro atoms. The molecular formula is C13H19NO3S. The summed E-state index contributed by atoms with van der Waals surface area (Å²) in [6.45, 7) is 4.27. The molecular weight excluding hydrogens is 250 g/mol. The van der Waals surface area contributed by atoms with Crippen molar-refractivity contribution in [2.75, 3.05) is 19.8 Å². The molecule has 1 unspecified atom stereocenters. The predicted octanol–water partition coefficient (Wildman–Crippen LogP) is 2.89. The van der Waals surface area contributed by atoms with E-state index in [-0.39, 0.29) is 12.2 Å². The van der Waals surface area contributed by atoms with E-state index in [1.807, 2.05) is 24.4 Å². The van der Waals surface area contributed by atoms with E-state index in [9.17, 15) is 4.79 Å². The lowest BCUT2D eigenvalue weighted by Crippen LogP contribution is -2.37. The van der Waals surface area contributed by atoms with Crippen molar-refractivity contribution in [3.8, 4) is 0 Å². The van der Waals surface area contributed by atoms with E-state index in [4.69, 9.17) is 9.47 Å². The van der Waals surface area contributed by atoms with Gasteiger partial charge in [-0.25, -0.2) is 4.79 Å². The van der Waals surface area contributed by atoms with Gasteiger partial charge in [-0.15, -0.1) is 11.3 Å². The van der Waals surface area contributed by atoms with Crippen LogP contribution in [-0.2, 0) is 16.0 Å². The average Bonchev–Trinajstić information content (AvgIpc) is 3.01. The molecule has 1 aromatic heterocycles. The van der Waals surface area contributed by atoms with Gasteiger partial charge in [0.25, 0.3) is 0 Å². The number of carbonyl (C=O) groups is 1. The highest BCUT2D eigenvalue weighted by molar-refractivity contribution is 7.09. The zero-order valence-corrected chi connectivity index (χ0v) is 11.4. The molecule has 18 heavy (non-hydrogen) atoms. The Morgan fingerprint density at radius 1 is 1.67 bits per heavy atom. The molecule has 4 nitrogen and oxygen atoms in total. The van der Waals surface area contributed by atoms with Gasteiger partial charge in [0.15, 0.2) is 0 Å². The lowest BCUT2D eigenvalue weighted by molar-refractivity contribution is 0.0555. The molecule has 0 saturated carbocycles. The summed E-state index contributed by atoms with van der Waals surface area (Å²) in [7, 11) is 0. The van der Waals surface area contributed by atoms with Crippen molar-refractivity contribution in [2.45, 2.75) is 32.4 Å². The van der Waals surface area contributed by atoms with E-state index in [0.717, 1.165) is 19.4 Å². The second-order valence-electron chi connectivity index (χ2n) is 4.29. The van der Waals surface area contributed by atoms with Gasteiger partial charge in [-0.1, -0.05) is 6.07 Å². The van der Waals surface area contributed by atoms with Crippen LogP contribution in [0.2, 0.25) is 0 Å². The molecule has 100 valence electrons. The summed E-state index contributed by atoms with van der Waals surface area (Å²) in [6, 6.07) is 4.03. The summed E-state index contributed by atoms with van der Waals surface area (Å²) in [5, 5.41) is 2.02. The molecule has 2 heterocycles. The molecule has 1 aromatic rings. The number of nitrogens with zero attached hydrogens (tertiary/aromatic N) is 1. The summed E-state index contributed by atoms with van der Waals surface area (Å²) in [6.07, 6.45) is 2.02. The molecule has 1 amide bonds. The van der Waals surface area contributed by atoms with E-state index in [0.29, 0.717) is 19.7 Å². The van der Waals surface area contributed by atoms with E-state index in [1.165, 1.54) is 4.88 Å². The van der Waals surface area contributed by atoms with Crippen LogP contribution in [0.5, 0.6) is 0 Å². The maximum absolute atomic E-state index is 11.9. The third-order valence-corrected chi connectivity index (χ3v) is 3.76. The lowest BCUT2D eigenvalue weighted by atomic mass is 10.2. The van der Waals surface area contributed by atoms with Crippen molar-refractivity contribution in [1.82, 2.24) is 4.90 Å². The van der Waals surface area contributed by atoms with Gasteiger partial charge in [0, 0.05) is 11.5 Å². The number of amides is 1. The zero-order valence-electron chi connectivity index (χ0n) is 10.6. The van der Waals surface area contributed by atoms with Gasteiger partial charge in [0.05, 0.1) is 25.8 Å². The molecule has 1 aliphatic rings. The molecule has 1 saturated heterocycles. The van der Waals surface area contributed by atoms with Crippen LogP contribution in [0.1, 0.15) is 24.6 Å². The Hall–Kier alpha value is -1.07. The first-order chi connectivity index (χ1) is 8.79. The molecule has 0 aromatic carbocycles. The summed E-state index contributed by atoms with van der Waals surface area (Å²) >= 11 is 1.65. The Labute approximate surface area is 111 Å². The first-order valence-corrected chi connectivity index (χ1v) is 7.23. The Morgan fingerprint density at radius 2 is 2.56 bits per heavy atom. The fourth-order valence-corrected chi connectivity index (χ4v) is 2.76. The zero-order chi connectivity index (χ0) is 12.8. The van der Waals surface area contributed by atoms with Crippen molar-refractivity contribution in [3.63, 3.8) is 0 Å². The Bertz CT molecular complexity index is 360. The number of rotatable bonds is 5.